The molecule has 2 aliphatic rings. The summed E-state index contributed by atoms with van der Waals surface area (Å²) in [5, 5.41) is 4.54. The Morgan fingerprint density at radius 3 is 1.04 bits per heavy atom. The summed E-state index contributed by atoms with van der Waals surface area (Å²) in [4.78, 5) is 4.96. The molecule has 0 N–H and O–H groups in total. The lowest BCUT2D eigenvalue weighted by atomic mass is 9.32. The van der Waals surface area contributed by atoms with E-state index in [4.69, 9.17) is 8.83 Å². The predicted molar refractivity (Wildman–Crippen MR) is 283 cm³/mol. The molecule has 2 aliphatic heterocycles. The fourth-order valence-electron chi connectivity index (χ4n) is 11.4. The SMILES string of the molecule is CC(C)(C)c1cccc2c1oc1c(-c3cccc4c3B3c5c(-c6cccc7c6oc6c(C(C)(C)C)cccc67)cccc5N(c5ccccc5)c5cccc(c53)N4c3ccccc3)cccc12. The van der Waals surface area contributed by atoms with E-state index in [9.17, 15) is 0 Å². The highest BCUT2D eigenvalue weighted by molar-refractivity contribution is 7.02. The van der Waals surface area contributed by atoms with E-state index < -0.39 is 0 Å². The smallest absolute Gasteiger partial charge is 0.253 e. The molecular weight excluding hydrogens is 816 g/mol. The van der Waals surface area contributed by atoms with Gasteiger partial charge in [-0.1, -0.05) is 181 Å². The van der Waals surface area contributed by atoms with Crippen molar-refractivity contribution in [1.29, 1.82) is 0 Å². The Kier molecular flexibility index (Phi) is 8.49. The summed E-state index contributed by atoms with van der Waals surface area (Å²) < 4.78 is 14.4. The molecule has 0 saturated carbocycles. The highest BCUT2D eigenvalue weighted by atomic mass is 16.3. The molecule has 11 aromatic rings. The summed E-state index contributed by atoms with van der Waals surface area (Å²) in [5.74, 6) is 0. The van der Waals surface area contributed by atoms with Gasteiger partial charge in [0.2, 0.25) is 0 Å². The maximum atomic E-state index is 7.19. The maximum Gasteiger partial charge on any atom is 0.253 e. The second-order valence-electron chi connectivity index (χ2n) is 20.4. The molecule has 0 amide bonds. The van der Waals surface area contributed by atoms with Crippen LogP contribution in [-0.4, -0.2) is 6.71 Å². The Hall–Kier alpha value is -7.76. The number of fused-ring (bicyclic) bond motifs is 10. The number of rotatable bonds is 4. The number of benzene rings is 9. The molecule has 0 saturated heterocycles. The number of hydrogen-bond donors (Lipinski definition) is 0. The van der Waals surface area contributed by atoms with Crippen molar-refractivity contribution in [2.45, 2.75) is 52.4 Å². The van der Waals surface area contributed by atoms with Gasteiger partial charge in [-0.3, -0.25) is 0 Å². The molecule has 2 aromatic heterocycles. The summed E-state index contributed by atoms with van der Waals surface area (Å²) in [6.07, 6.45) is 0. The molecule has 5 heteroatoms. The Morgan fingerprint density at radius 1 is 0.313 bits per heavy atom. The van der Waals surface area contributed by atoms with E-state index in [0.717, 1.165) is 100 Å². The lowest BCUT2D eigenvalue weighted by Gasteiger charge is -2.45. The summed E-state index contributed by atoms with van der Waals surface area (Å²) in [6.45, 7) is 13.4. The van der Waals surface area contributed by atoms with Gasteiger partial charge in [0.05, 0.1) is 0 Å². The monoisotopic (exact) mass is 864 g/mol. The second-order valence-corrected chi connectivity index (χ2v) is 20.4. The van der Waals surface area contributed by atoms with E-state index >= 15 is 0 Å². The number of nitrogens with zero attached hydrogens (tertiary/aromatic N) is 2. The fourth-order valence-corrected chi connectivity index (χ4v) is 11.4. The number of anilines is 6. The van der Waals surface area contributed by atoms with Crippen LogP contribution in [0, 0.1) is 0 Å². The second kappa shape index (κ2) is 14.4. The van der Waals surface area contributed by atoms with Crippen molar-refractivity contribution >= 4 is 101 Å². The molecule has 0 radical (unpaired) electrons. The first-order valence-corrected chi connectivity index (χ1v) is 23.6. The first-order chi connectivity index (χ1) is 32.6. The van der Waals surface area contributed by atoms with Crippen LogP contribution in [0.4, 0.5) is 34.1 Å². The van der Waals surface area contributed by atoms with Crippen LogP contribution in [0.15, 0.2) is 197 Å². The van der Waals surface area contributed by atoms with Crippen LogP contribution < -0.4 is 26.2 Å². The van der Waals surface area contributed by atoms with Crippen molar-refractivity contribution in [3.8, 4) is 22.3 Å². The number of hydrogen-bond acceptors (Lipinski definition) is 4. The normalized spacial score (nSPS) is 13.4. The molecule has 67 heavy (non-hydrogen) atoms. The van der Waals surface area contributed by atoms with Crippen LogP contribution in [0.3, 0.4) is 0 Å². The minimum Gasteiger partial charge on any atom is -0.455 e. The Morgan fingerprint density at radius 2 is 0.642 bits per heavy atom. The highest BCUT2D eigenvalue weighted by Crippen LogP contribution is 2.48. The van der Waals surface area contributed by atoms with Gasteiger partial charge in [-0.05, 0) is 86.9 Å². The molecule has 322 valence electrons. The number of para-hydroxylation sites is 6. The van der Waals surface area contributed by atoms with E-state index in [1.165, 1.54) is 27.5 Å². The third-order valence-electron chi connectivity index (χ3n) is 14.3. The van der Waals surface area contributed by atoms with Crippen molar-refractivity contribution < 1.29 is 8.83 Å². The molecule has 4 nitrogen and oxygen atoms in total. The Balaban J connectivity index is 1.17. The molecule has 13 rings (SSSR count). The van der Waals surface area contributed by atoms with Crippen molar-refractivity contribution in [3.05, 3.63) is 199 Å². The zero-order chi connectivity index (χ0) is 45.3. The molecule has 0 atom stereocenters. The van der Waals surface area contributed by atoms with Gasteiger partial charge in [0, 0.05) is 77.9 Å². The van der Waals surface area contributed by atoms with Crippen LogP contribution in [0.1, 0.15) is 52.7 Å². The van der Waals surface area contributed by atoms with Gasteiger partial charge in [0.15, 0.2) is 0 Å². The summed E-state index contributed by atoms with van der Waals surface area (Å²) in [5.41, 5.74) is 21.0. The molecule has 0 spiro atoms. The predicted octanol–water partition coefficient (Wildman–Crippen LogP) is 15.5. The zero-order valence-electron chi connectivity index (χ0n) is 38.7. The van der Waals surface area contributed by atoms with Crippen molar-refractivity contribution in [3.63, 3.8) is 0 Å². The molecule has 0 unspecified atom stereocenters. The third kappa shape index (κ3) is 5.80. The lowest BCUT2D eigenvalue weighted by molar-refractivity contribution is 0.572. The molecule has 0 fully saturated rings. The van der Waals surface area contributed by atoms with E-state index in [1.807, 2.05) is 0 Å². The van der Waals surface area contributed by atoms with E-state index in [0.29, 0.717) is 0 Å². The van der Waals surface area contributed by atoms with Crippen LogP contribution in [0.25, 0.3) is 66.1 Å². The van der Waals surface area contributed by atoms with Crippen molar-refractivity contribution in [2.75, 3.05) is 9.80 Å². The van der Waals surface area contributed by atoms with Crippen LogP contribution in [-0.2, 0) is 10.8 Å². The quantitative estimate of drug-likeness (QED) is 0.165. The standard InChI is InChI=1S/C62H49BN2O2/c1-61(2,3)48-32-15-30-46-44-28-13-26-42(57(44)66-59(46)48)40-24-17-34-50-54(40)63-55-41(43-27-14-29-45-47-31-16-33-49(62(4,5)6)60(47)67-58(43)45)25-18-35-51(55)65(39-22-11-8-12-23-39)53-37-19-36-52(56(53)63)64(50)38-20-9-7-10-21-38/h7-37H,1-6H3. The van der Waals surface area contributed by atoms with Gasteiger partial charge < -0.3 is 18.6 Å². The Bertz CT molecular complexity index is 3550. The first kappa shape index (κ1) is 39.6. The van der Waals surface area contributed by atoms with Gasteiger partial charge in [0.1, 0.15) is 22.3 Å². The van der Waals surface area contributed by atoms with E-state index in [1.54, 1.807) is 0 Å². The van der Waals surface area contributed by atoms with Crippen molar-refractivity contribution in [1.82, 2.24) is 0 Å². The molecule has 0 bridgehead atoms. The zero-order valence-corrected chi connectivity index (χ0v) is 38.7. The summed E-state index contributed by atoms with van der Waals surface area (Å²) >= 11 is 0. The van der Waals surface area contributed by atoms with E-state index in [2.05, 4.69) is 239 Å². The topological polar surface area (TPSA) is 32.8 Å². The average molecular weight is 865 g/mol. The van der Waals surface area contributed by atoms with Crippen LogP contribution >= 0.6 is 0 Å². The third-order valence-corrected chi connectivity index (χ3v) is 14.3. The maximum absolute atomic E-state index is 7.19. The van der Waals surface area contributed by atoms with Crippen molar-refractivity contribution in [2.24, 2.45) is 0 Å². The first-order valence-electron chi connectivity index (χ1n) is 23.6. The summed E-state index contributed by atoms with van der Waals surface area (Å²) in [6, 6.07) is 68.9. The van der Waals surface area contributed by atoms with Gasteiger partial charge in [-0.25, -0.2) is 0 Å². The summed E-state index contributed by atoms with van der Waals surface area (Å²) in [7, 11) is 0. The van der Waals surface area contributed by atoms with Crippen LogP contribution in [0.5, 0.6) is 0 Å². The Labute approximate surface area is 391 Å². The molecular formula is C62H49BN2O2. The molecule has 9 aromatic carbocycles. The molecule has 4 heterocycles. The van der Waals surface area contributed by atoms with Gasteiger partial charge in [0.25, 0.3) is 6.71 Å². The number of furan rings is 2. The average Bonchev–Trinajstić information content (AvgIpc) is 3.92. The highest BCUT2D eigenvalue weighted by Gasteiger charge is 2.46. The molecule has 0 aliphatic carbocycles. The minimum absolute atomic E-state index is 0.0976. The van der Waals surface area contributed by atoms with Gasteiger partial charge in [-0.15, -0.1) is 0 Å². The van der Waals surface area contributed by atoms with Gasteiger partial charge >= 0.3 is 0 Å². The fraction of sp³-hybridized carbons (Fsp3) is 0.129. The van der Waals surface area contributed by atoms with E-state index in [-0.39, 0.29) is 17.5 Å². The lowest BCUT2D eigenvalue weighted by Crippen LogP contribution is -2.62. The van der Waals surface area contributed by atoms with Crippen LogP contribution in [0.2, 0.25) is 0 Å². The van der Waals surface area contributed by atoms with Gasteiger partial charge in [-0.2, -0.15) is 0 Å². The minimum atomic E-state index is -0.182. The largest absolute Gasteiger partial charge is 0.455 e.